The Hall–Kier alpha value is -1.59. The fourth-order valence-corrected chi connectivity index (χ4v) is 1.93. The van der Waals surface area contributed by atoms with Crippen LogP contribution in [0.4, 0.5) is 5.69 Å². The van der Waals surface area contributed by atoms with Crippen molar-refractivity contribution < 1.29 is 4.74 Å². The number of hydrogen-bond donors (Lipinski definition) is 3. The van der Waals surface area contributed by atoms with Crippen LogP contribution in [-0.4, -0.2) is 25.7 Å². The van der Waals surface area contributed by atoms with E-state index >= 15 is 0 Å². The van der Waals surface area contributed by atoms with Gasteiger partial charge < -0.3 is 10.1 Å². The summed E-state index contributed by atoms with van der Waals surface area (Å²) in [4.78, 5) is 4.48. The molecular formula is C13H20N4O. The van der Waals surface area contributed by atoms with Crippen molar-refractivity contribution in [1.29, 1.82) is 0 Å². The van der Waals surface area contributed by atoms with Gasteiger partial charge in [0.2, 0.25) is 5.96 Å². The first-order valence-corrected chi connectivity index (χ1v) is 6.29. The summed E-state index contributed by atoms with van der Waals surface area (Å²) in [6, 6.07) is 9.85. The summed E-state index contributed by atoms with van der Waals surface area (Å²) in [6.45, 7) is 2.47. The average molecular weight is 248 g/mol. The molecule has 0 aromatic heterocycles. The molecule has 1 fully saturated rings. The molecule has 5 heteroatoms. The van der Waals surface area contributed by atoms with Gasteiger partial charge in [0.25, 0.3) is 0 Å². The third kappa shape index (κ3) is 4.01. The summed E-state index contributed by atoms with van der Waals surface area (Å²) in [5.41, 5.74) is 3.57. The van der Waals surface area contributed by atoms with Gasteiger partial charge in [-0.2, -0.15) is 0 Å². The Labute approximate surface area is 107 Å². The SMILES string of the molecule is NNC(=NCC1CCOCC1)Nc1ccccc1. The molecule has 2 rings (SSSR count). The predicted molar refractivity (Wildman–Crippen MR) is 73.2 cm³/mol. The largest absolute Gasteiger partial charge is 0.381 e. The zero-order chi connectivity index (χ0) is 12.6. The molecule has 5 nitrogen and oxygen atoms in total. The summed E-state index contributed by atoms with van der Waals surface area (Å²) < 4.78 is 5.32. The zero-order valence-corrected chi connectivity index (χ0v) is 10.4. The number of nitrogens with one attached hydrogen (secondary N) is 2. The molecule has 1 saturated heterocycles. The molecule has 98 valence electrons. The first-order chi connectivity index (χ1) is 8.88. The maximum Gasteiger partial charge on any atom is 0.210 e. The molecule has 1 heterocycles. The number of hydrazine groups is 1. The number of anilines is 1. The highest BCUT2D eigenvalue weighted by Crippen LogP contribution is 2.14. The summed E-state index contributed by atoms with van der Waals surface area (Å²) in [7, 11) is 0. The Morgan fingerprint density at radius 1 is 1.28 bits per heavy atom. The monoisotopic (exact) mass is 248 g/mol. The molecule has 0 aliphatic carbocycles. The van der Waals surface area contributed by atoms with E-state index in [0.29, 0.717) is 11.9 Å². The minimum atomic E-state index is 0.597. The van der Waals surface area contributed by atoms with Crippen molar-refractivity contribution in [2.24, 2.45) is 16.8 Å². The number of aliphatic imine (C=N–C) groups is 1. The number of hydrogen-bond acceptors (Lipinski definition) is 3. The number of guanidine groups is 1. The summed E-state index contributed by atoms with van der Waals surface area (Å²) in [5, 5.41) is 3.15. The highest BCUT2D eigenvalue weighted by molar-refractivity contribution is 5.93. The van der Waals surface area contributed by atoms with Crippen molar-refractivity contribution in [1.82, 2.24) is 5.43 Å². The standard InChI is InChI=1S/C13H20N4O/c14-17-13(16-12-4-2-1-3-5-12)15-10-11-6-8-18-9-7-11/h1-5,11H,6-10,14H2,(H2,15,16,17). The van der Waals surface area contributed by atoms with Gasteiger partial charge in [-0.3, -0.25) is 10.4 Å². The lowest BCUT2D eigenvalue weighted by atomic mass is 10.0. The quantitative estimate of drug-likeness (QED) is 0.327. The van der Waals surface area contributed by atoms with Crippen LogP contribution in [0.2, 0.25) is 0 Å². The van der Waals surface area contributed by atoms with Gasteiger partial charge >= 0.3 is 0 Å². The summed E-state index contributed by atoms with van der Waals surface area (Å²) >= 11 is 0. The van der Waals surface area contributed by atoms with E-state index in [0.717, 1.165) is 38.3 Å². The molecule has 1 aliphatic rings. The third-order valence-electron chi connectivity index (χ3n) is 3.02. The highest BCUT2D eigenvalue weighted by atomic mass is 16.5. The van der Waals surface area contributed by atoms with Crippen LogP contribution in [0.15, 0.2) is 35.3 Å². The van der Waals surface area contributed by atoms with Gasteiger partial charge in [0.05, 0.1) is 0 Å². The molecule has 0 unspecified atom stereocenters. The normalized spacial score (nSPS) is 17.5. The predicted octanol–water partition coefficient (Wildman–Crippen LogP) is 1.34. The molecular weight excluding hydrogens is 228 g/mol. The maximum absolute atomic E-state index is 5.47. The van der Waals surface area contributed by atoms with E-state index in [-0.39, 0.29) is 0 Å². The summed E-state index contributed by atoms with van der Waals surface area (Å²) in [5.74, 6) is 6.67. The van der Waals surface area contributed by atoms with Gasteiger partial charge in [-0.25, -0.2) is 5.84 Å². The Morgan fingerprint density at radius 3 is 2.67 bits per heavy atom. The van der Waals surface area contributed by atoms with Gasteiger partial charge in [-0.05, 0) is 30.9 Å². The minimum absolute atomic E-state index is 0.597. The van der Waals surface area contributed by atoms with Crippen LogP contribution in [0.5, 0.6) is 0 Å². The smallest absolute Gasteiger partial charge is 0.210 e. The second kappa shape index (κ2) is 6.98. The van der Waals surface area contributed by atoms with Crippen molar-refractivity contribution in [3.63, 3.8) is 0 Å². The number of nitrogens with zero attached hydrogens (tertiary/aromatic N) is 1. The Kier molecular flexibility index (Phi) is 4.99. The van der Waals surface area contributed by atoms with Crippen LogP contribution in [0.3, 0.4) is 0 Å². The first-order valence-electron chi connectivity index (χ1n) is 6.29. The molecule has 0 atom stereocenters. The minimum Gasteiger partial charge on any atom is -0.381 e. The molecule has 18 heavy (non-hydrogen) atoms. The highest BCUT2D eigenvalue weighted by Gasteiger charge is 2.13. The van der Waals surface area contributed by atoms with Crippen LogP contribution in [0, 0.1) is 5.92 Å². The lowest BCUT2D eigenvalue weighted by Gasteiger charge is -2.20. The molecule has 1 aliphatic heterocycles. The molecule has 1 aromatic carbocycles. The molecule has 0 radical (unpaired) electrons. The van der Waals surface area contributed by atoms with Crippen LogP contribution < -0.4 is 16.6 Å². The lowest BCUT2D eigenvalue weighted by molar-refractivity contribution is 0.0689. The van der Waals surface area contributed by atoms with Gasteiger partial charge in [-0.1, -0.05) is 18.2 Å². The van der Waals surface area contributed by atoms with Gasteiger partial charge in [0.15, 0.2) is 0 Å². The van der Waals surface area contributed by atoms with Crippen molar-refractivity contribution in [3.05, 3.63) is 30.3 Å². The lowest BCUT2D eigenvalue weighted by Crippen LogP contribution is -2.37. The number of ether oxygens (including phenoxy) is 1. The Balaban J connectivity index is 1.87. The number of nitrogens with two attached hydrogens (primary N) is 1. The summed E-state index contributed by atoms with van der Waals surface area (Å²) in [6.07, 6.45) is 2.15. The topological polar surface area (TPSA) is 71.7 Å². The van der Waals surface area contributed by atoms with Crippen LogP contribution in [0.25, 0.3) is 0 Å². The molecule has 0 spiro atoms. The van der Waals surface area contributed by atoms with E-state index in [1.807, 2.05) is 30.3 Å². The number of rotatable bonds is 3. The van der Waals surface area contributed by atoms with Gasteiger partial charge in [0.1, 0.15) is 0 Å². The Bertz CT molecular complexity index is 374. The van der Waals surface area contributed by atoms with E-state index in [2.05, 4.69) is 15.7 Å². The maximum atomic E-state index is 5.47. The zero-order valence-electron chi connectivity index (χ0n) is 10.4. The third-order valence-corrected chi connectivity index (χ3v) is 3.02. The van der Waals surface area contributed by atoms with Crippen molar-refractivity contribution >= 4 is 11.6 Å². The molecule has 0 saturated carbocycles. The molecule has 4 N–H and O–H groups in total. The van der Waals surface area contributed by atoms with Gasteiger partial charge in [-0.15, -0.1) is 0 Å². The van der Waals surface area contributed by atoms with Crippen molar-refractivity contribution in [2.75, 3.05) is 25.1 Å². The van der Waals surface area contributed by atoms with E-state index in [4.69, 9.17) is 10.6 Å². The van der Waals surface area contributed by atoms with Gasteiger partial charge in [0, 0.05) is 25.4 Å². The fraction of sp³-hybridized carbons (Fsp3) is 0.462. The number of benzene rings is 1. The molecule has 1 aromatic rings. The van der Waals surface area contributed by atoms with E-state index in [9.17, 15) is 0 Å². The first kappa shape index (κ1) is 12.9. The van der Waals surface area contributed by atoms with E-state index in [1.54, 1.807) is 0 Å². The van der Waals surface area contributed by atoms with Crippen molar-refractivity contribution in [2.45, 2.75) is 12.8 Å². The second-order valence-electron chi connectivity index (χ2n) is 4.38. The van der Waals surface area contributed by atoms with E-state index in [1.165, 1.54) is 0 Å². The van der Waals surface area contributed by atoms with Crippen molar-refractivity contribution in [3.8, 4) is 0 Å². The van der Waals surface area contributed by atoms with E-state index < -0.39 is 0 Å². The second-order valence-corrected chi connectivity index (χ2v) is 4.38. The van der Waals surface area contributed by atoms with Crippen LogP contribution in [0.1, 0.15) is 12.8 Å². The van der Waals surface area contributed by atoms with Crippen LogP contribution in [-0.2, 0) is 4.74 Å². The fourth-order valence-electron chi connectivity index (χ4n) is 1.93. The Morgan fingerprint density at radius 2 is 2.00 bits per heavy atom. The van der Waals surface area contributed by atoms with Crippen LogP contribution >= 0.6 is 0 Å². The molecule has 0 amide bonds. The number of para-hydroxylation sites is 1. The average Bonchev–Trinajstić information content (AvgIpc) is 2.45. The molecule has 0 bridgehead atoms.